The number of nitrogens with zero attached hydrogens (tertiary/aromatic N) is 1. The first-order valence-corrected chi connectivity index (χ1v) is 6.90. The van der Waals surface area contributed by atoms with E-state index in [4.69, 9.17) is 0 Å². The van der Waals surface area contributed by atoms with Crippen molar-refractivity contribution in [1.29, 1.82) is 0 Å². The van der Waals surface area contributed by atoms with Gasteiger partial charge in [0.2, 0.25) is 5.91 Å². The molecule has 0 atom stereocenters. The summed E-state index contributed by atoms with van der Waals surface area (Å²) >= 11 is 1.46. The molecule has 1 rings (SSSR count). The first-order chi connectivity index (χ1) is 8.43. The van der Waals surface area contributed by atoms with Crippen molar-refractivity contribution in [1.82, 2.24) is 10.2 Å². The van der Waals surface area contributed by atoms with E-state index in [1.54, 1.807) is 4.90 Å². The van der Waals surface area contributed by atoms with Gasteiger partial charge in [0.1, 0.15) is 0 Å². The van der Waals surface area contributed by atoms with E-state index in [0.29, 0.717) is 11.4 Å². The van der Waals surface area contributed by atoms with Gasteiger partial charge in [-0.15, -0.1) is 11.3 Å². The number of rotatable bonds is 5. The fraction of sp³-hybridized carbons (Fsp3) is 0.538. The second kappa shape index (κ2) is 6.54. The fourth-order valence-corrected chi connectivity index (χ4v) is 2.41. The van der Waals surface area contributed by atoms with Crippen molar-refractivity contribution in [3.63, 3.8) is 0 Å². The van der Waals surface area contributed by atoms with Gasteiger partial charge in [0.05, 0.1) is 11.4 Å². The van der Waals surface area contributed by atoms with E-state index in [9.17, 15) is 9.59 Å². The van der Waals surface area contributed by atoms with Crippen LogP contribution in [0.2, 0.25) is 0 Å². The highest BCUT2D eigenvalue weighted by Crippen LogP contribution is 2.17. The molecule has 0 aromatic carbocycles. The van der Waals surface area contributed by atoms with Crippen LogP contribution in [0.3, 0.4) is 0 Å². The molecule has 4 nitrogen and oxygen atoms in total. The minimum absolute atomic E-state index is 0.0745. The average molecular weight is 268 g/mol. The van der Waals surface area contributed by atoms with Crippen LogP contribution in [0, 0.1) is 6.92 Å². The van der Waals surface area contributed by atoms with Crippen LogP contribution >= 0.6 is 11.3 Å². The van der Waals surface area contributed by atoms with E-state index in [2.05, 4.69) is 5.32 Å². The molecule has 1 aromatic rings. The van der Waals surface area contributed by atoms with Gasteiger partial charge in [-0.2, -0.15) is 0 Å². The molecular formula is C13H20N2O2S. The zero-order chi connectivity index (χ0) is 13.7. The molecule has 1 aromatic heterocycles. The van der Waals surface area contributed by atoms with Crippen molar-refractivity contribution in [3.05, 3.63) is 21.9 Å². The molecule has 0 spiro atoms. The maximum Gasteiger partial charge on any atom is 0.264 e. The fourth-order valence-electron chi connectivity index (χ4n) is 1.57. The molecule has 2 amide bonds. The van der Waals surface area contributed by atoms with Crippen LogP contribution in [0.4, 0.5) is 0 Å². The predicted octanol–water partition coefficient (Wildman–Crippen LogP) is 2.04. The molecule has 0 saturated carbocycles. The molecule has 0 saturated heterocycles. The molecule has 18 heavy (non-hydrogen) atoms. The third kappa shape index (κ3) is 4.14. The summed E-state index contributed by atoms with van der Waals surface area (Å²) in [5.74, 6) is -0.192. The summed E-state index contributed by atoms with van der Waals surface area (Å²) in [4.78, 5) is 27.2. The standard InChI is InChI=1S/C13H20N2O2S/c1-5-15(8-12(16)14-9(2)3)13(17)11-7-6-10(4)18-11/h6-7,9H,5,8H2,1-4H3,(H,14,16). The second-order valence-corrected chi connectivity index (χ2v) is 5.74. The van der Waals surface area contributed by atoms with Crippen LogP contribution in [0.1, 0.15) is 35.3 Å². The van der Waals surface area contributed by atoms with Crippen molar-refractivity contribution in [2.45, 2.75) is 33.7 Å². The molecule has 1 heterocycles. The normalized spacial score (nSPS) is 10.5. The molecule has 0 aliphatic carbocycles. The van der Waals surface area contributed by atoms with Gasteiger partial charge in [0.15, 0.2) is 0 Å². The topological polar surface area (TPSA) is 49.4 Å². The van der Waals surface area contributed by atoms with E-state index in [0.717, 1.165) is 4.88 Å². The Hall–Kier alpha value is -1.36. The van der Waals surface area contributed by atoms with Gasteiger partial charge in [-0.25, -0.2) is 0 Å². The van der Waals surface area contributed by atoms with Gasteiger partial charge in [-0.3, -0.25) is 9.59 Å². The second-order valence-electron chi connectivity index (χ2n) is 4.45. The van der Waals surface area contributed by atoms with Gasteiger partial charge in [0.25, 0.3) is 5.91 Å². The monoisotopic (exact) mass is 268 g/mol. The Kier molecular flexibility index (Phi) is 5.34. The summed E-state index contributed by atoms with van der Waals surface area (Å²) in [5, 5.41) is 2.79. The highest BCUT2D eigenvalue weighted by Gasteiger charge is 2.18. The van der Waals surface area contributed by atoms with Crippen LogP contribution in [0.25, 0.3) is 0 Å². The largest absolute Gasteiger partial charge is 0.352 e. The molecule has 100 valence electrons. The molecular weight excluding hydrogens is 248 g/mol. The molecule has 0 unspecified atom stereocenters. The Morgan fingerprint density at radius 2 is 2.06 bits per heavy atom. The summed E-state index contributed by atoms with van der Waals surface area (Å²) in [5.41, 5.74) is 0. The number of aryl methyl sites for hydroxylation is 1. The minimum Gasteiger partial charge on any atom is -0.352 e. The van der Waals surface area contributed by atoms with Gasteiger partial charge < -0.3 is 10.2 Å². The minimum atomic E-state index is -0.117. The molecule has 0 fully saturated rings. The Bertz CT molecular complexity index is 426. The lowest BCUT2D eigenvalue weighted by molar-refractivity contribution is -0.122. The van der Waals surface area contributed by atoms with Gasteiger partial charge in [0, 0.05) is 17.5 Å². The third-order valence-electron chi connectivity index (χ3n) is 2.40. The first kappa shape index (κ1) is 14.7. The Labute approximate surface area is 112 Å². The number of thiophene rings is 1. The van der Waals surface area contributed by atoms with Gasteiger partial charge in [-0.1, -0.05) is 0 Å². The van der Waals surface area contributed by atoms with Crippen LogP contribution in [-0.4, -0.2) is 35.8 Å². The van der Waals surface area contributed by atoms with Crippen LogP contribution in [-0.2, 0) is 4.79 Å². The maximum atomic E-state index is 12.2. The van der Waals surface area contributed by atoms with Crippen molar-refractivity contribution >= 4 is 23.2 Å². The number of hydrogen-bond acceptors (Lipinski definition) is 3. The van der Waals surface area contributed by atoms with E-state index in [1.807, 2.05) is 39.8 Å². The summed E-state index contributed by atoms with van der Waals surface area (Å²) in [7, 11) is 0. The first-order valence-electron chi connectivity index (χ1n) is 6.09. The van der Waals surface area contributed by atoms with Gasteiger partial charge >= 0.3 is 0 Å². The maximum absolute atomic E-state index is 12.2. The van der Waals surface area contributed by atoms with E-state index in [1.165, 1.54) is 11.3 Å². The van der Waals surface area contributed by atoms with E-state index < -0.39 is 0 Å². The number of hydrogen-bond donors (Lipinski definition) is 1. The van der Waals surface area contributed by atoms with Crippen LogP contribution < -0.4 is 5.32 Å². The lowest BCUT2D eigenvalue weighted by Crippen LogP contribution is -2.42. The molecule has 0 aliphatic rings. The Morgan fingerprint density at radius 1 is 1.39 bits per heavy atom. The van der Waals surface area contributed by atoms with Crippen molar-refractivity contribution < 1.29 is 9.59 Å². The van der Waals surface area contributed by atoms with E-state index in [-0.39, 0.29) is 24.4 Å². The van der Waals surface area contributed by atoms with E-state index >= 15 is 0 Å². The van der Waals surface area contributed by atoms with Crippen LogP contribution in [0.15, 0.2) is 12.1 Å². The Morgan fingerprint density at radius 3 is 2.50 bits per heavy atom. The Balaban J connectivity index is 2.66. The number of nitrogens with one attached hydrogen (secondary N) is 1. The molecule has 1 N–H and O–H groups in total. The number of carbonyl (C=O) groups is 2. The zero-order valence-corrected chi connectivity index (χ0v) is 12.1. The average Bonchev–Trinajstić information content (AvgIpc) is 2.70. The number of amides is 2. The van der Waals surface area contributed by atoms with Crippen LogP contribution in [0.5, 0.6) is 0 Å². The summed E-state index contributed by atoms with van der Waals surface area (Å²) in [6.07, 6.45) is 0. The molecule has 0 aliphatic heterocycles. The van der Waals surface area contributed by atoms with Gasteiger partial charge in [-0.05, 0) is 39.8 Å². The summed E-state index contributed by atoms with van der Waals surface area (Å²) < 4.78 is 0. The highest BCUT2D eigenvalue weighted by atomic mass is 32.1. The highest BCUT2D eigenvalue weighted by molar-refractivity contribution is 7.13. The molecule has 5 heteroatoms. The molecule has 0 bridgehead atoms. The summed E-state index contributed by atoms with van der Waals surface area (Å²) in [6, 6.07) is 3.82. The lowest BCUT2D eigenvalue weighted by Gasteiger charge is -2.20. The number of likely N-dealkylation sites (N-methyl/N-ethyl adjacent to an activating group) is 1. The van der Waals surface area contributed by atoms with Crippen molar-refractivity contribution in [2.75, 3.05) is 13.1 Å². The predicted molar refractivity (Wildman–Crippen MR) is 73.9 cm³/mol. The van der Waals surface area contributed by atoms with Crippen molar-refractivity contribution in [3.8, 4) is 0 Å². The molecule has 0 radical (unpaired) electrons. The lowest BCUT2D eigenvalue weighted by atomic mass is 10.3. The zero-order valence-electron chi connectivity index (χ0n) is 11.3. The smallest absolute Gasteiger partial charge is 0.264 e. The number of carbonyl (C=O) groups excluding carboxylic acids is 2. The quantitative estimate of drug-likeness (QED) is 0.888. The SMILES string of the molecule is CCN(CC(=O)NC(C)C)C(=O)c1ccc(C)s1. The van der Waals surface area contributed by atoms with Crippen molar-refractivity contribution in [2.24, 2.45) is 0 Å². The third-order valence-corrected chi connectivity index (χ3v) is 3.39. The summed E-state index contributed by atoms with van der Waals surface area (Å²) in [6.45, 7) is 8.28.